The number of hydrogen-bond donors (Lipinski definition) is 2. The zero-order valence-corrected chi connectivity index (χ0v) is 20.7. The Balaban J connectivity index is 1.74. The fourth-order valence-electron chi connectivity index (χ4n) is 5.69. The SMILES string of the molecule is CCCCC[C@H](O)CC[C@@H]1[C@H]2Cc3cccc(OCC(=O)O)c3C[C@H]2C[C@H]1OC(=O)[C@H](C)OC. The van der Waals surface area contributed by atoms with Gasteiger partial charge in [-0.15, -0.1) is 0 Å². The Bertz CT molecular complexity index is 823. The number of aliphatic hydroxyl groups is 1. The number of benzene rings is 1. The van der Waals surface area contributed by atoms with Gasteiger partial charge in [-0.2, -0.15) is 0 Å². The molecule has 1 saturated carbocycles. The number of carboxylic acids is 1. The quantitative estimate of drug-likeness (QED) is 0.325. The summed E-state index contributed by atoms with van der Waals surface area (Å²) >= 11 is 0. The van der Waals surface area contributed by atoms with E-state index in [1.54, 1.807) is 6.92 Å². The van der Waals surface area contributed by atoms with E-state index in [1.807, 2.05) is 12.1 Å². The molecule has 7 nitrogen and oxygen atoms in total. The van der Waals surface area contributed by atoms with Crippen molar-refractivity contribution in [3.8, 4) is 5.75 Å². The van der Waals surface area contributed by atoms with Crippen LogP contribution in [0.5, 0.6) is 5.75 Å². The highest BCUT2D eigenvalue weighted by molar-refractivity contribution is 5.74. The first-order chi connectivity index (χ1) is 16.3. The Morgan fingerprint density at radius 2 is 1.97 bits per heavy atom. The molecule has 1 fully saturated rings. The number of unbranched alkanes of at least 4 members (excludes halogenated alkanes) is 2. The summed E-state index contributed by atoms with van der Waals surface area (Å²) in [5.74, 6) is 0.137. The number of carboxylic acid groups (broad SMARTS) is 1. The van der Waals surface area contributed by atoms with E-state index in [2.05, 4.69) is 13.0 Å². The molecule has 1 aromatic rings. The molecule has 2 aliphatic rings. The maximum atomic E-state index is 12.5. The Kier molecular flexibility index (Phi) is 9.77. The third-order valence-electron chi connectivity index (χ3n) is 7.60. The molecule has 2 N–H and O–H groups in total. The second kappa shape index (κ2) is 12.5. The summed E-state index contributed by atoms with van der Waals surface area (Å²) in [7, 11) is 1.50. The van der Waals surface area contributed by atoms with Crippen LogP contribution in [0, 0.1) is 17.8 Å². The molecule has 34 heavy (non-hydrogen) atoms. The average molecular weight is 477 g/mol. The number of carbonyl (C=O) groups excluding carboxylic acids is 1. The molecule has 3 rings (SSSR count). The highest BCUT2D eigenvalue weighted by atomic mass is 16.6. The van der Waals surface area contributed by atoms with Crippen molar-refractivity contribution in [2.45, 2.75) is 89.9 Å². The van der Waals surface area contributed by atoms with Crippen LogP contribution < -0.4 is 4.74 Å². The van der Waals surface area contributed by atoms with Crippen molar-refractivity contribution in [1.82, 2.24) is 0 Å². The number of hydrogen-bond acceptors (Lipinski definition) is 6. The minimum Gasteiger partial charge on any atom is -0.482 e. The van der Waals surface area contributed by atoms with Gasteiger partial charge in [-0.3, -0.25) is 0 Å². The Morgan fingerprint density at radius 1 is 1.18 bits per heavy atom. The largest absolute Gasteiger partial charge is 0.482 e. The summed E-state index contributed by atoms with van der Waals surface area (Å²) in [6.07, 6.45) is 6.86. The molecule has 0 saturated heterocycles. The van der Waals surface area contributed by atoms with Gasteiger partial charge in [-0.25, -0.2) is 9.59 Å². The molecule has 0 heterocycles. The maximum absolute atomic E-state index is 12.5. The van der Waals surface area contributed by atoms with Crippen molar-refractivity contribution in [3.05, 3.63) is 29.3 Å². The number of aliphatic hydroxyl groups excluding tert-OH is 1. The first-order valence-electron chi connectivity index (χ1n) is 12.7. The molecule has 0 radical (unpaired) electrons. The Hall–Kier alpha value is -2.12. The highest BCUT2D eigenvalue weighted by Gasteiger charge is 2.47. The van der Waals surface area contributed by atoms with E-state index < -0.39 is 12.1 Å². The molecule has 7 heteroatoms. The van der Waals surface area contributed by atoms with Gasteiger partial charge < -0.3 is 24.4 Å². The molecule has 1 aromatic carbocycles. The topological polar surface area (TPSA) is 102 Å². The fourth-order valence-corrected chi connectivity index (χ4v) is 5.69. The van der Waals surface area contributed by atoms with Crippen LogP contribution in [0.3, 0.4) is 0 Å². The summed E-state index contributed by atoms with van der Waals surface area (Å²) in [5, 5.41) is 19.5. The van der Waals surface area contributed by atoms with E-state index >= 15 is 0 Å². The number of esters is 1. The van der Waals surface area contributed by atoms with Crippen LogP contribution in [0.25, 0.3) is 0 Å². The number of rotatable bonds is 13. The standard InChI is InChI=1S/C27H40O7/c1-4-5-6-9-20(28)11-12-21-22-13-18-8-7-10-24(33-16-26(29)30)23(18)14-19(22)15-25(21)34-27(31)17(2)32-3/h7-8,10,17,19-22,25,28H,4-6,9,11-16H2,1-3H3,(H,29,30)/t17-,19-,20-,21+,22-,25+/m0/s1. The average Bonchev–Trinajstić information content (AvgIpc) is 3.15. The van der Waals surface area contributed by atoms with E-state index in [4.69, 9.17) is 19.3 Å². The van der Waals surface area contributed by atoms with Gasteiger partial charge in [0.15, 0.2) is 12.7 Å². The molecule has 0 aliphatic heterocycles. The van der Waals surface area contributed by atoms with E-state index in [-0.39, 0.29) is 30.7 Å². The third-order valence-corrected chi connectivity index (χ3v) is 7.60. The molecule has 2 aliphatic carbocycles. The second-order valence-corrected chi connectivity index (χ2v) is 9.89. The summed E-state index contributed by atoms with van der Waals surface area (Å²) in [5.41, 5.74) is 2.25. The summed E-state index contributed by atoms with van der Waals surface area (Å²) in [6.45, 7) is 3.49. The first kappa shape index (κ1) is 26.5. The lowest BCUT2D eigenvalue weighted by Crippen LogP contribution is -2.32. The van der Waals surface area contributed by atoms with E-state index in [0.29, 0.717) is 24.0 Å². The normalized spacial score (nSPS) is 25.2. The third kappa shape index (κ3) is 6.72. The molecule has 0 unspecified atom stereocenters. The van der Waals surface area contributed by atoms with Crippen LogP contribution in [0.2, 0.25) is 0 Å². The summed E-state index contributed by atoms with van der Waals surface area (Å²) < 4.78 is 16.7. The molecule has 190 valence electrons. The fraction of sp³-hybridized carbons (Fsp3) is 0.704. The monoisotopic (exact) mass is 476 g/mol. The molecule has 0 spiro atoms. The van der Waals surface area contributed by atoms with Crippen LogP contribution in [0.1, 0.15) is 69.9 Å². The smallest absolute Gasteiger partial charge is 0.341 e. The Labute approximate surface area is 202 Å². The van der Waals surface area contributed by atoms with Crippen LogP contribution in [0.4, 0.5) is 0 Å². The van der Waals surface area contributed by atoms with Crippen LogP contribution in [0.15, 0.2) is 18.2 Å². The minimum atomic E-state index is -0.996. The van der Waals surface area contributed by atoms with E-state index in [0.717, 1.165) is 56.9 Å². The van der Waals surface area contributed by atoms with E-state index in [9.17, 15) is 14.7 Å². The van der Waals surface area contributed by atoms with Crippen molar-refractivity contribution in [3.63, 3.8) is 0 Å². The first-order valence-corrected chi connectivity index (χ1v) is 12.7. The number of methoxy groups -OCH3 is 1. The van der Waals surface area contributed by atoms with E-state index in [1.165, 1.54) is 12.7 Å². The van der Waals surface area contributed by atoms with Crippen molar-refractivity contribution >= 4 is 11.9 Å². The van der Waals surface area contributed by atoms with Gasteiger partial charge in [0.1, 0.15) is 11.9 Å². The van der Waals surface area contributed by atoms with Gasteiger partial charge >= 0.3 is 11.9 Å². The molecule has 0 aromatic heterocycles. The predicted octanol–water partition coefficient (Wildman–Crippen LogP) is 4.17. The lowest BCUT2D eigenvalue weighted by molar-refractivity contribution is -0.162. The molecule has 0 amide bonds. The summed E-state index contributed by atoms with van der Waals surface area (Å²) in [6, 6.07) is 5.83. The maximum Gasteiger partial charge on any atom is 0.341 e. The predicted molar refractivity (Wildman–Crippen MR) is 128 cm³/mol. The van der Waals surface area contributed by atoms with Crippen molar-refractivity contribution in [2.75, 3.05) is 13.7 Å². The van der Waals surface area contributed by atoms with Gasteiger partial charge in [-0.05, 0) is 80.4 Å². The number of aliphatic carboxylic acids is 1. The zero-order chi connectivity index (χ0) is 24.7. The van der Waals surface area contributed by atoms with Crippen LogP contribution in [-0.2, 0) is 31.9 Å². The highest BCUT2D eigenvalue weighted by Crippen LogP contribution is 2.49. The lowest BCUT2D eigenvalue weighted by atomic mass is 9.73. The molecule has 6 atom stereocenters. The van der Waals surface area contributed by atoms with Gasteiger partial charge in [0.05, 0.1) is 6.10 Å². The van der Waals surface area contributed by atoms with Gasteiger partial charge in [0.25, 0.3) is 0 Å². The van der Waals surface area contributed by atoms with Crippen LogP contribution >= 0.6 is 0 Å². The molecular formula is C27H40O7. The molecular weight excluding hydrogens is 436 g/mol. The second-order valence-electron chi connectivity index (χ2n) is 9.89. The number of ether oxygens (including phenoxy) is 3. The van der Waals surface area contributed by atoms with Crippen molar-refractivity contribution < 1.29 is 34.0 Å². The van der Waals surface area contributed by atoms with Gasteiger partial charge in [-0.1, -0.05) is 38.3 Å². The Morgan fingerprint density at radius 3 is 2.68 bits per heavy atom. The summed E-state index contributed by atoms with van der Waals surface area (Å²) in [4.78, 5) is 23.5. The van der Waals surface area contributed by atoms with Crippen molar-refractivity contribution in [2.24, 2.45) is 17.8 Å². The van der Waals surface area contributed by atoms with Gasteiger partial charge in [0.2, 0.25) is 0 Å². The molecule has 0 bridgehead atoms. The number of fused-ring (bicyclic) bond motifs is 2. The zero-order valence-electron chi connectivity index (χ0n) is 20.7. The van der Waals surface area contributed by atoms with Gasteiger partial charge in [0, 0.05) is 7.11 Å². The lowest BCUT2D eigenvalue weighted by Gasteiger charge is -2.32. The van der Waals surface area contributed by atoms with Crippen molar-refractivity contribution in [1.29, 1.82) is 0 Å². The minimum absolute atomic E-state index is 0.176. The van der Waals surface area contributed by atoms with Crippen LogP contribution in [-0.4, -0.2) is 54.2 Å². The number of carbonyl (C=O) groups is 2.